The van der Waals surface area contributed by atoms with Gasteiger partial charge in [-0.2, -0.15) is 0 Å². The smallest absolute Gasteiger partial charge is 0.422 e. The van der Waals surface area contributed by atoms with E-state index in [-0.39, 0.29) is 6.61 Å². The zero-order valence-electron chi connectivity index (χ0n) is 3.34. The van der Waals surface area contributed by atoms with Gasteiger partial charge in [-0.25, -0.2) is 9.59 Å². The van der Waals surface area contributed by atoms with Gasteiger partial charge in [0.25, 0.3) is 0 Å². The highest BCUT2D eigenvalue weighted by molar-refractivity contribution is 5.88. The van der Waals surface area contributed by atoms with Crippen molar-refractivity contribution in [3.05, 3.63) is 0 Å². The Bertz CT molecular complexity index is 102. The molecular weight excluding hydrogens is 100 g/mol. The molecule has 38 valence electrons. The summed E-state index contributed by atoms with van der Waals surface area (Å²) >= 11 is 0. The predicted molar refractivity (Wildman–Crippen MR) is 17.4 cm³/mol. The summed E-state index contributed by atoms with van der Waals surface area (Å²) in [6, 6.07) is 0. The van der Waals surface area contributed by atoms with Crippen molar-refractivity contribution in [2.75, 3.05) is 6.61 Å². The molecule has 0 aromatic carbocycles. The van der Waals surface area contributed by atoms with Crippen LogP contribution in [0.4, 0.5) is 4.79 Å². The average Bonchev–Trinajstić information content (AvgIpc) is 1.87. The molecule has 0 radical (unpaired) electrons. The lowest BCUT2D eigenvalue weighted by Gasteiger charge is -1.76. The molecule has 7 heavy (non-hydrogen) atoms. The molecule has 0 amide bonds. The van der Waals surface area contributed by atoms with E-state index in [1.165, 1.54) is 0 Å². The molecule has 0 spiro atoms. The quantitative estimate of drug-likeness (QED) is 0.310. The van der Waals surface area contributed by atoms with Gasteiger partial charge in [0.15, 0.2) is 6.61 Å². The van der Waals surface area contributed by atoms with Gasteiger partial charge in [-0.3, -0.25) is 0 Å². The van der Waals surface area contributed by atoms with Crippen LogP contribution in [0.15, 0.2) is 0 Å². The Morgan fingerprint density at radius 3 is 2.29 bits per heavy atom. The van der Waals surface area contributed by atoms with Crippen LogP contribution in [0, 0.1) is 0 Å². The highest BCUT2D eigenvalue weighted by Crippen LogP contribution is 1.94. The molecular formula is C3H2O4. The molecule has 0 aromatic rings. The molecule has 4 heteroatoms. The van der Waals surface area contributed by atoms with Crippen LogP contribution in [0.3, 0.4) is 0 Å². The first-order valence-corrected chi connectivity index (χ1v) is 1.66. The Balaban J connectivity index is 2.55. The van der Waals surface area contributed by atoms with Gasteiger partial charge in [0.05, 0.1) is 0 Å². The van der Waals surface area contributed by atoms with Gasteiger partial charge in [-0.1, -0.05) is 0 Å². The van der Waals surface area contributed by atoms with Gasteiger partial charge >= 0.3 is 12.1 Å². The van der Waals surface area contributed by atoms with Crippen LogP contribution in [0.25, 0.3) is 0 Å². The Hall–Kier alpha value is -1.06. The number of carbonyl (C=O) groups is 2. The molecule has 1 fully saturated rings. The number of carbonyl (C=O) groups excluding carboxylic acids is 2. The van der Waals surface area contributed by atoms with Crippen LogP contribution < -0.4 is 0 Å². The zero-order valence-corrected chi connectivity index (χ0v) is 3.34. The lowest BCUT2D eigenvalue weighted by Crippen LogP contribution is -1.95. The van der Waals surface area contributed by atoms with E-state index in [0.717, 1.165) is 0 Å². The van der Waals surface area contributed by atoms with Crippen molar-refractivity contribution in [1.82, 2.24) is 0 Å². The maximum Gasteiger partial charge on any atom is 0.516 e. The van der Waals surface area contributed by atoms with Gasteiger partial charge in [0, 0.05) is 0 Å². The number of ether oxygens (including phenoxy) is 2. The summed E-state index contributed by atoms with van der Waals surface area (Å²) in [5, 5.41) is 0. The van der Waals surface area contributed by atoms with E-state index in [1.54, 1.807) is 0 Å². The Morgan fingerprint density at radius 2 is 2.14 bits per heavy atom. The zero-order chi connectivity index (χ0) is 5.28. The number of rotatable bonds is 0. The van der Waals surface area contributed by atoms with Gasteiger partial charge in [0.1, 0.15) is 0 Å². The molecule has 0 atom stereocenters. The highest BCUT2D eigenvalue weighted by Gasteiger charge is 2.20. The summed E-state index contributed by atoms with van der Waals surface area (Å²) in [5.74, 6) is -0.620. The fourth-order valence-electron chi connectivity index (χ4n) is 0.270. The molecule has 0 aliphatic carbocycles. The highest BCUT2D eigenvalue weighted by atomic mass is 16.8. The monoisotopic (exact) mass is 102 g/mol. The fraction of sp³-hybridized carbons (Fsp3) is 0.333. The van der Waals surface area contributed by atoms with Gasteiger partial charge < -0.3 is 9.47 Å². The third-order valence-corrected chi connectivity index (χ3v) is 0.505. The van der Waals surface area contributed by atoms with Crippen LogP contribution >= 0.6 is 0 Å². The van der Waals surface area contributed by atoms with Crippen molar-refractivity contribution in [1.29, 1.82) is 0 Å². The van der Waals surface area contributed by atoms with E-state index in [9.17, 15) is 9.59 Å². The average molecular weight is 102 g/mol. The third kappa shape index (κ3) is 0.677. The molecule has 0 saturated carbocycles. The van der Waals surface area contributed by atoms with Crippen LogP contribution in [0.2, 0.25) is 0 Å². The van der Waals surface area contributed by atoms with Crippen molar-refractivity contribution in [2.45, 2.75) is 0 Å². The topological polar surface area (TPSA) is 52.6 Å². The molecule has 1 saturated heterocycles. The normalized spacial score (nSPS) is 18.9. The second-order valence-corrected chi connectivity index (χ2v) is 1.01. The number of hydrogen-bond acceptors (Lipinski definition) is 4. The molecule has 1 aliphatic heterocycles. The van der Waals surface area contributed by atoms with E-state index >= 15 is 0 Å². The van der Waals surface area contributed by atoms with Crippen LogP contribution in [0.1, 0.15) is 0 Å². The minimum atomic E-state index is -0.898. The summed E-state index contributed by atoms with van der Waals surface area (Å²) in [6.45, 7) is -0.237. The Labute approximate surface area is 39.0 Å². The van der Waals surface area contributed by atoms with E-state index < -0.39 is 12.1 Å². The lowest BCUT2D eigenvalue weighted by molar-refractivity contribution is -0.133. The fourth-order valence-corrected chi connectivity index (χ4v) is 0.270. The second kappa shape index (κ2) is 1.22. The van der Waals surface area contributed by atoms with E-state index in [0.29, 0.717) is 0 Å². The summed E-state index contributed by atoms with van der Waals surface area (Å²) in [4.78, 5) is 19.7. The lowest BCUT2D eigenvalue weighted by atomic mass is 10.8. The molecule has 1 heterocycles. The first kappa shape index (κ1) is 4.11. The van der Waals surface area contributed by atoms with Crippen molar-refractivity contribution < 1.29 is 19.1 Å². The third-order valence-electron chi connectivity index (χ3n) is 0.505. The van der Waals surface area contributed by atoms with Gasteiger partial charge in [-0.15, -0.1) is 0 Å². The van der Waals surface area contributed by atoms with Crippen molar-refractivity contribution in [2.24, 2.45) is 0 Å². The van der Waals surface area contributed by atoms with Crippen molar-refractivity contribution in [3.63, 3.8) is 0 Å². The molecule has 0 unspecified atom stereocenters. The van der Waals surface area contributed by atoms with Gasteiger partial charge in [-0.05, 0) is 0 Å². The molecule has 4 nitrogen and oxygen atoms in total. The first-order chi connectivity index (χ1) is 3.29. The molecule has 0 bridgehead atoms. The number of cyclic esters (lactones) is 3. The van der Waals surface area contributed by atoms with Crippen LogP contribution in [-0.2, 0) is 14.3 Å². The van der Waals surface area contributed by atoms with Crippen molar-refractivity contribution >= 4 is 12.1 Å². The minimum absolute atomic E-state index is 0.237. The minimum Gasteiger partial charge on any atom is -0.422 e. The summed E-state index contributed by atoms with van der Waals surface area (Å²) < 4.78 is 7.92. The SMILES string of the molecule is O=C1COC(=O)O1. The van der Waals surface area contributed by atoms with E-state index in [4.69, 9.17) is 0 Å². The molecule has 0 N–H and O–H groups in total. The van der Waals surface area contributed by atoms with Crippen molar-refractivity contribution in [3.8, 4) is 0 Å². The summed E-state index contributed by atoms with van der Waals surface area (Å²) in [6.07, 6.45) is -0.898. The molecule has 0 aromatic heterocycles. The summed E-state index contributed by atoms with van der Waals surface area (Å²) in [5.41, 5.74) is 0. The number of esters is 1. The largest absolute Gasteiger partial charge is 0.516 e. The number of hydrogen-bond donors (Lipinski definition) is 0. The molecule has 1 aliphatic rings. The maximum atomic E-state index is 9.89. The van der Waals surface area contributed by atoms with Gasteiger partial charge in [0.2, 0.25) is 0 Å². The van der Waals surface area contributed by atoms with E-state index in [2.05, 4.69) is 9.47 Å². The Morgan fingerprint density at radius 1 is 1.43 bits per heavy atom. The standard InChI is InChI=1S/C3H2O4/c4-2-1-6-3(5)7-2/h1H2. The van der Waals surface area contributed by atoms with Crippen LogP contribution in [-0.4, -0.2) is 18.7 Å². The second-order valence-electron chi connectivity index (χ2n) is 1.01. The van der Waals surface area contributed by atoms with Crippen LogP contribution in [0.5, 0.6) is 0 Å². The predicted octanol–water partition coefficient (Wildman–Crippen LogP) is -0.320. The molecule has 1 rings (SSSR count). The first-order valence-electron chi connectivity index (χ1n) is 1.66. The summed E-state index contributed by atoms with van der Waals surface area (Å²) in [7, 11) is 0. The Kier molecular flexibility index (Phi) is 0.714. The maximum absolute atomic E-state index is 9.89. The van der Waals surface area contributed by atoms with E-state index in [1.807, 2.05) is 0 Å².